The summed E-state index contributed by atoms with van der Waals surface area (Å²) in [7, 11) is 0. The van der Waals surface area contributed by atoms with Crippen LogP contribution in [0.15, 0.2) is 0 Å². The average molecular weight is 242 g/mol. The van der Waals surface area contributed by atoms with Gasteiger partial charge in [-0.2, -0.15) is 0 Å². The zero-order chi connectivity index (χ0) is 12.9. The Kier molecular flexibility index (Phi) is 5.42. The Morgan fingerprint density at radius 3 is 2.53 bits per heavy atom. The number of ether oxygens (including phenoxy) is 1. The van der Waals surface area contributed by atoms with Gasteiger partial charge in [-0.15, -0.1) is 0 Å². The predicted octanol–water partition coefficient (Wildman–Crippen LogP) is 2.12. The van der Waals surface area contributed by atoms with Gasteiger partial charge in [0.1, 0.15) is 0 Å². The molecule has 0 saturated carbocycles. The molecule has 1 saturated heterocycles. The molecule has 3 heteroatoms. The van der Waals surface area contributed by atoms with Gasteiger partial charge in [0.2, 0.25) is 0 Å². The number of nitrogens with zero attached hydrogens (tertiary/aromatic N) is 1. The van der Waals surface area contributed by atoms with Crippen molar-refractivity contribution in [3.63, 3.8) is 0 Å². The van der Waals surface area contributed by atoms with Crippen LogP contribution in [-0.2, 0) is 4.74 Å². The summed E-state index contributed by atoms with van der Waals surface area (Å²) in [6.45, 7) is 17.5. The molecule has 3 nitrogen and oxygen atoms in total. The van der Waals surface area contributed by atoms with Crippen molar-refractivity contribution in [3.8, 4) is 0 Å². The van der Waals surface area contributed by atoms with Gasteiger partial charge in [-0.05, 0) is 32.2 Å². The molecule has 1 rings (SSSR count). The van der Waals surface area contributed by atoms with Gasteiger partial charge < -0.3 is 10.1 Å². The molecule has 1 fully saturated rings. The van der Waals surface area contributed by atoms with Gasteiger partial charge in [-0.25, -0.2) is 0 Å². The number of hydrogen-bond donors (Lipinski definition) is 1. The Morgan fingerprint density at radius 1 is 1.24 bits per heavy atom. The molecule has 1 aliphatic heterocycles. The Bertz CT molecular complexity index is 221. The van der Waals surface area contributed by atoms with Crippen LogP contribution in [-0.4, -0.2) is 49.8 Å². The Hall–Kier alpha value is -0.120. The smallest absolute Gasteiger partial charge is 0.0645 e. The van der Waals surface area contributed by atoms with E-state index in [1.165, 1.54) is 6.42 Å². The van der Waals surface area contributed by atoms with E-state index in [-0.39, 0.29) is 5.54 Å². The first-order chi connectivity index (χ1) is 7.81. The van der Waals surface area contributed by atoms with Crippen LogP contribution in [0.1, 0.15) is 41.0 Å². The first kappa shape index (κ1) is 14.9. The van der Waals surface area contributed by atoms with Gasteiger partial charge in [0.25, 0.3) is 0 Å². The summed E-state index contributed by atoms with van der Waals surface area (Å²) in [4.78, 5) is 2.53. The highest BCUT2D eigenvalue weighted by Crippen LogP contribution is 2.18. The molecule has 1 aliphatic rings. The summed E-state index contributed by atoms with van der Waals surface area (Å²) in [5.74, 6) is 0. The van der Waals surface area contributed by atoms with Gasteiger partial charge >= 0.3 is 0 Å². The standard InChI is InChI=1S/C14H30N2O/c1-13(2,3)6-7-15-8-9-16-10-11-17-12-14(16,4)5/h15H,6-12H2,1-5H3. The van der Waals surface area contributed by atoms with Crippen molar-refractivity contribution in [3.05, 3.63) is 0 Å². The Morgan fingerprint density at radius 2 is 1.94 bits per heavy atom. The molecule has 17 heavy (non-hydrogen) atoms. The fourth-order valence-electron chi connectivity index (χ4n) is 2.11. The van der Waals surface area contributed by atoms with Crippen molar-refractivity contribution < 1.29 is 4.74 Å². The van der Waals surface area contributed by atoms with E-state index in [4.69, 9.17) is 4.74 Å². The summed E-state index contributed by atoms with van der Waals surface area (Å²) in [5.41, 5.74) is 0.634. The van der Waals surface area contributed by atoms with E-state index in [1.54, 1.807) is 0 Å². The third-order valence-electron chi connectivity index (χ3n) is 3.43. The van der Waals surface area contributed by atoms with Crippen molar-refractivity contribution in [2.75, 3.05) is 39.4 Å². The molecule has 0 aliphatic carbocycles. The lowest BCUT2D eigenvalue weighted by atomic mass is 9.92. The van der Waals surface area contributed by atoms with E-state index < -0.39 is 0 Å². The van der Waals surface area contributed by atoms with Crippen molar-refractivity contribution >= 4 is 0 Å². The zero-order valence-corrected chi connectivity index (χ0v) is 12.3. The summed E-state index contributed by atoms with van der Waals surface area (Å²) in [6.07, 6.45) is 1.24. The van der Waals surface area contributed by atoms with Crippen LogP contribution in [0.25, 0.3) is 0 Å². The topological polar surface area (TPSA) is 24.5 Å². The second-order valence-electron chi connectivity index (χ2n) is 6.91. The highest BCUT2D eigenvalue weighted by Gasteiger charge is 2.29. The summed E-state index contributed by atoms with van der Waals surface area (Å²) in [6, 6.07) is 0. The van der Waals surface area contributed by atoms with Crippen molar-refractivity contribution in [2.45, 2.75) is 46.6 Å². The van der Waals surface area contributed by atoms with Crippen LogP contribution in [0.2, 0.25) is 0 Å². The Labute approximate surface area is 107 Å². The number of morpholine rings is 1. The van der Waals surface area contributed by atoms with E-state index in [0.29, 0.717) is 5.41 Å². The maximum absolute atomic E-state index is 5.53. The van der Waals surface area contributed by atoms with Gasteiger partial charge in [0, 0.05) is 25.2 Å². The van der Waals surface area contributed by atoms with E-state index in [1.807, 2.05) is 0 Å². The first-order valence-electron chi connectivity index (χ1n) is 6.85. The van der Waals surface area contributed by atoms with Crippen LogP contribution in [0.5, 0.6) is 0 Å². The molecule has 1 heterocycles. The molecule has 0 unspecified atom stereocenters. The van der Waals surface area contributed by atoms with Crippen molar-refractivity contribution in [1.29, 1.82) is 0 Å². The van der Waals surface area contributed by atoms with Crippen LogP contribution in [0.3, 0.4) is 0 Å². The SMILES string of the molecule is CC(C)(C)CCNCCN1CCOCC1(C)C. The monoisotopic (exact) mass is 242 g/mol. The fraction of sp³-hybridized carbons (Fsp3) is 1.00. The molecular formula is C14H30N2O. The predicted molar refractivity (Wildman–Crippen MR) is 73.4 cm³/mol. The maximum atomic E-state index is 5.53. The van der Waals surface area contributed by atoms with Gasteiger partial charge in [-0.3, -0.25) is 4.90 Å². The molecule has 0 atom stereocenters. The van der Waals surface area contributed by atoms with Crippen LogP contribution >= 0.6 is 0 Å². The van der Waals surface area contributed by atoms with Crippen molar-refractivity contribution in [1.82, 2.24) is 10.2 Å². The number of hydrogen-bond acceptors (Lipinski definition) is 3. The summed E-state index contributed by atoms with van der Waals surface area (Å²) >= 11 is 0. The Balaban J connectivity index is 2.13. The van der Waals surface area contributed by atoms with E-state index in [0.717, 1.165) is 39.4 Å². The van der Waals surface area contributed by atoms with Crippen LogP contribution < -0.4 is 5.32 Å². The van der Waals surface area contributed by atoms with E-state index in [2.05, 4.69) is 44.8 Å². The lowest BCUT2D eigenvalue weighted by Crippen LogP contribution is -2.54. The van der Waals surface area contributed by atoms with E-state index >= 15 is 0 Å². The number of nitrogens with one attached hydrogen (secondary N) is 1. The average Bonchev–Trinajstić information content (AvgIpc) is 2.17. The van der Waals surface area contributed by atoms with Gasteiger partial charge in [0.15, 0.2) is 0 Å². The lowest BCUT2D eigenvalue weighted by molar-refractivity contribution is -0.0500. The van der Waals surface area contributed by atoms with Crippen molar-refractivity contribution in [2.24, 2.45) is 5.41 Å². The largest absolute Gasteiger partial charge is 0.378 e. The van der Waals surface area contributed by atoms with Crippen LogP contribution in [0.4, 0.5) is 0 Å². The minimum absolute atomic E-state index is 0.198. The molecule has 0 bridgehead atoms. The van der Waals surface area contributed by atoms with Gasteiger partial charge in [0.05, 0.1) is 13.2 Å². The summed E-state index contributed by atoms with van der Waals surface area (Å²) in [5, 5.41) is 3.54. The molecule has 0 aromatic carbocycles. The van der Waals surface area contributed by atoms with Gasteiger partial charge in [-0.1, -0.05) is 20.8 Å². The molecule has 0 aromatic rings. The normalized spacial score (nSPS) is 21.7. The molecule has 1 N–H and O–H groups in total. The minimum atomic E-state index is 0.198. The molecular weight excluding hydrogens is 212 g/mol. The minimum Gasteiger partial charge on any atom is -0.378 e. The molecule has 0 amide bonds. The second kappa shape index (κ2) is 6.17. The maximum Gasteiger partial charge on any atom is 0.0645 e. The molecule has 0 aromatic heterocycles. The highest BCUT2D eigenvalue weighted by atomic mass is 16.5. The highest BCUT2D eigenvalue weighted by molar-refractivity contribution is 4.84. The molecule has 0 radical (unpaired) electrons. The fourth-order valence-corrected chi connectivity index (χ4v) is 2.11. The third-order valence-corrected chi connectivity index (χ3v) is 3.43. The lowest BCUT2D eigenvalue weighted by Gasteiger charge is -2.42. The third kappa shape index (κ3) is 5.84. The second-order valence-corrected chi connectivity index (χ2v) is 6.91. The number of rotatable bonds is 5. The first-order valence-corrected chi connectivity index (χ1v) is 6.85. The summed E-state index contributed by atoms with van der Waals surface area (Å²) < 4.78 is 5.53. The molecule has 0 spiro atoms. The van der Waals surface area contributed by atoms with Crippen LogP contribution in [0, 0.1) is 5.41 Å². The van der Waals surface area contributed by atoms with E-state index in [9.17, 15) is 0 Å². The molecule has 102 valence electrons. The quantitative estimate of drug-likeness (QED) is 0.747. The zero-order valence-electron chi connectivity index (χ0n) is 12.3.